The van der Waals surface area contributed by atoms with E-state index in [2.05, 4.69) is 26.7 Å². The Kier molecular flexibility index (Phi) is 5.67. The van der Waals surface area contributed by atoms with Crippen molar-refractivity contribution in [1.29, 1.82) is 0 Å². The summed E-state index contributed by atoms with van der Waals surface area (Å²) in [7, 11) is 0. The van der Waals surface area contributed by atoms with Gasteiger partial charge in [0.1, 0.15) is 11.5 Å². The maximum Gasteiger partial charge on any atom is 0.204 e. The molecule has 0 unspecified atom stereocenters. The van der Waals surface area contributed by atoms with E-state index in [4.69, 9.17) is 16.6 Å². The van der Waals surface area contributed by atoms with Crippen molar-refractivity contribution < 1.29 is 0 Å². The Bertz CT molecular complexity index is 789. The lowest BCUT2D eigenvalue weighted by Crippen LogP contribution is -2.41. The molecule has 0 saturated heterocycles. The molecule has 5 nitrogen and oxygen atoms in total. The predicted octanol–water partition coefficient (Wildman–Crippen LogP) is 5.31. The zero-order chi connectivity index (χ0) is 18.6. The summed E-state index contributed by atoms with van der Waals surface area (Å²) in [5.74, 6) is 2.82. The Balaban J connectivity index is 1.56. The minimum absolute atomic E-state index is 0.721. The van der Waals surface area contributed by atoms with Gasteiger partial charge < -0.3 is 14.8 Å². The van der Waals surface area contributed by atoms with Crippen molar-refractivity contribution in [2.24, 2.45) is 10.9 Å². The average Bonchev–Trinajstić information content (AvgIpc) is 3.11. The number of fused-ring (bicyclic) bond motifs is 1. The average molecular weight is 386 g/mol. The van der Waals surface area contributed by atoms with Crippen LogP contribution < -0.4 is 10.2 Å². The summed E-state index contributed by atoms with van der Waals surface area (Å²) in [4.78, 5) is 11.8. The fourth-order valence-electron chi connectivity index (χ4n) is 4.11. The highest BCUT2D eigenvalue weighted by atomic mass is 35.5. The monoisotopic (exact) mass is 385 g/mol. The number of aromatic nitrogens is 2. The van der Waals surface area contributed by atoms with E-state index in [0.717, 1.165) is 53.7 Å². The molecule has 0 bridgehead atoms. The van der Waals surface area contributed by atoms with Crippen LogP contribution in [0.3, 0.4) is 0 Å². The van der Waals surface area contributed by atoms with Gasteiger partial charge in [0.05, 0.1) is 12.9 Å². The van der Waals surface area contributed by atoms with Gasteiger partial charge in [-0.15, -0.1) is 0 Å². The van der Waals surface area contributed by atoms with Crippen LogP contribution in [0.4, 0.5) is 11.5 Å². The number of anilines is 2. The van der Waals surface area contributed by atoms with Crippen LogP contribution >= 0.6 is 11.6 Å². The second kappa shape index (κ2) is 8.34. The van der Waals surface area contributed by atoms with Crippen molar-refractivity contribution >= 4 is 29.1 Å². The maximum absolute atomic E-state index is 6.08. The van der Waals surface area contributed by atoms with Gasteiger partial charge in [-0.25, -0.2) is 4.98 Å². The van der Waals surface area contributed by atoms with Crippen molar-refractivity contribution in [2.75, 3.05) is 16.8 Å². The van der Waals surface area contributed by atoms with E-state index in [0.29, 0.717) is 0 Å². The third-order valence-corrected chi connectivity index (χ3v) is 5.96. The number of hydrogen-bond donors (Lipinski definition) is 1. The minimum atomic E-state index is 0.721. The Morgan fingerprint density at radius 3 is 2.70 bits per heavy atom. The molecule has 27 heavy (non-hydrogen) atoms. The zero-order valence-corrected chi connectivity index (χ0v) is 16.8. The normalized spacial score (nSPS) is 19.2. The number of aliphatic imine (C=N–C) groups is 1. The highest BCUT2D eigenvalue weighted by Gasteiger charge is 2.26. The van der Waals surface area contributed by atoms with Crippen molar-refractivity contribution in [3.05, 3.63) is 41.3 Å². The van der Waals surface area contributed by atoms with Gasteiger partial charge in [0.15, 0.2) is 0 Å². The first-order valence-electron chi connectivity index (χ1n) is 10.1. The summed E-state index contributed by atoms with van der Waals surface area (Å²) in [6, 6.07) is 7.94. The van der Waals surface area contributed by atoms with E-state index in [1.54, 1.807) is 0 Å². The van der Waals surface area contributed by atoms with Crippen molar-refractivity contribution in [3.63, 3.8) is 0 Å². The lowest BCUT2D eigenvalue weighted by Gasteiger charge is -2.31. The number of nitrogens with one attached hydrogen (secondary N) is 1. The van der Waals surface area contributed by atoms with E-state index in [1.807, 2.05) is 30.6 Å². The van der Waals surface area contributed by atoms with Gasteiger partial charge in [0.25, 0.3) is 0 Å². The number of nitrogens with zero attached hydrogens (tertiary/aromatic N) is 4. The standard InChI is InChI=1S/C21H28ClN5/c1-2-26-15-24-19-14-27(18-10-8-17(22)9-11-18)21(25-20(19)26)23-13-12-16-6-4-3-5-7-16/h8-11,15-16H,2-7,12-14H2,1H3,(H,23,25). The number of guanidine groups is 1. The van der Waals surface area contributed by atoms with Crippen LogP contribution in [0.15, 0.2) is 35.6 Å². The van der Waals surface area contributed by atoms with Crippen molar-refractivity contribution in [1.82, 2.24) is 9.55 Å². The van der Waals surface area contributed by atoms with Gasteiger partial charge in [-0.3, -0.25) is 4.99 Å². The topological polar surface area (TPSA) is 45.5 Å². The SMILES string of the molecule is CCn1cnc2c1NC(=NCCC1CCCCC1)N(c1ccc(Cl)cc1)C2. The quantitative estimate of drug-likeness (QED) is 0.758. The number of imidazole rings is 1. The van der Waals surface area contributed by atoms with E-state index in [-0.39, 0.29) is 0 Å². The number of halogens is 1. The summed E-state index contributed by atoms with van der Waals surface area (Å²) < 4.78 is 2.14. The molecule has 0 radical (unpaired) electrons. The summed E-state index contributed by atoms with van der Waals surface area (Å²) in [6.07, 6.45) is 9.99. The molecule has 1 fully saturated rings. The van der Waals surface area contributed by atoms with Crippen molar-refractivity contribution in [3.8, 4) is 0 Å². The van der Waals surface area contributed by atoms with Crippen LogP contribution in [0.1, 0.15) is 51.1 Å². The van der Waals surface area contributed by atoms with Crippen LogP contribution in [0, 0.1) is 5.92 Å². The minimum Gasteiger partial charge on any atom is -0.317 e. The maximum atomic E-state index is 6.08. The molecule has 2 aromatic rings. The van der Waals surface area contributed by atoms with Crippen LogP contribution in [-0.4, -0.2) is 22.1 Å². The first-order valence-corrected chi connectivity index (χ1v) is 10.5. The number of hydrogen-bond acceptors (Lipinski definition) is 2. The van der Waals surface area contributed by atoms with Gasteiger partial charge in [-0.05, 0) is 43.5 Å². The fourth-order valence-corrected chi connectivity index (χ4v) is 4.24. The predicted molar refractivity (Wildman–Crippen MR) is 113 cm³/mol. The molecule has 6 heteroatoms. The van der Waals surface area contributed by atoms with Crippen molar-refractivity contribution in [2.45, 2.75) is 58.5 Å². The van der Waals surface area contributed by atoms with Crippen LogP contribution in [0.25, 0.3) is 0 Å². The van der Waals surface area contributed by atoms with Crippen LogP contribution in [-0.2, 0) is 13.1 Å². The van der Waals surface area contributed by atoms with E-state index < -0.39 is 0 Å². The molecule has 1 N–H and O–H groups in total. The molecule has 2 aliphatic rings. The molecule has 1 aromatic heterocycles. The molecular formula is C21H28ClN5. The smallest absolute Gasteiger partial charge is 0.204 e. The molecular weight excluding hydrogens is 358 g/mol. The summed E-state index contributed by atoms with van der Waals surface area (Å²) in [5.41, 5.74) is 2.14. The lowest BCUT2D eigenvalue weighted by atomic mass is 9.87. The highest BCUT2D eigenvalue weighted by molar-refractivity contribution is 6.30. The van der Waals surface area contributed by atoms with Crippen LogP contribution in [0.2, 0.25) is 5.02 Å². The second-order valence-electron chi connectivity index (χ2n) is 7.51. The van der Waals surface area contributed by atoms with E-state index in [9.17, 15) is 0 Å². The second-order valence-corrected chi connectivity index (χ2v) is 7.95. The van der Waals surface area contributed by atoms with Gasteiger partial charge >= 0.3 is 0 Å². The van der Waals surface area contributed by atoms with Gasteiger partial charge in [-0.1, -0.05) is 43.7 Å². The van der Waals surface area contributed by atoms with E-state index in [1.165, 1.54) is 38.5 Å². The third-order valence-electron chi connectivity index (χ3n) is 5.71. The van der Waals surface area contributed by atoms with Crippen LogP contribution in [0.5, 0.6) is 0 Å². The molecule has 1 saturated carbocycles. The molecule has 0 atom stereocenters. The summed E-state index contributed by atoms with van der Waals surface area (Å²) in [6.45, 7) is 4.62. The molecule has 2 heterocycles. The molecule has 1 aliphatic carbocycles. The molecule has 1 aliphatic heterocycles. The van der Waals surface area contributed by atoms with Gasteiger partial charge in [-0.2, -0.15) is 0 Å². The first-order chi connectivity index (χ1) is 13.2. The first kappa shape index (κ1) is 18.4. The van der Waals surface area contributed by atoms with E-state index >= 15 is 0 Å². The Hall–Kier alpha value is -2.01. The number of rotatable bonds is 5. The molecule has 4 rings (SSSR count). The Morgan fingerprint density at radius 1 is 1.19 bits per heavy atom. The third kappa shape index (κ3) is 4.13. The Labute approximate surface area is 166 Å². The van der Waals surface area contributed by atoms with Gasteiger partial charge in [0, 0.05) is 23.8 Å². The number of benzene rings is 1. The molecule has 1 aromatic carbocycles. The van der Waals surface area contributed by atoms with Gasteiger partial charge in [0.2, 0.25) is 5.96 Å². The lowest BCUT2D eigenvalue weighted by molar-refractivity contribution is 0.343. The Morgan fingerprint density at radius 2 is 1.96 bits per heavy atom. The highest BCUT2D eigenvalue weighted by Crippen LogP contribution is 2.29. The number of aryl methyl sites for hydroxylation is 1. The summed E-state index contributed by atoms with van der Waals surface area (Å²) >= 11 is 6.08. The molecule has 0 spiro atoms. The molecule has 144 valence electrons. The molecule has 0 amide bonds. The largest absolute Gasteiger partial charge is 0.317 e. The summed E-state index contributed by atoms with van der Waals surface area (Å²) in [5, 5.41) is 4.29. The zero-order valence-electron chi connectivity index (χ0n) is 16.0. The fraction of sp³-hybridized carbons (Fsp3) is 0.524.